The Morgan fingerprint density at radius 1 is 1.11 bits per heavy atom. The minimum Gasteiger partial charge on any atom is -0.381 e. The van der Waals surface area contributed by atoms with Gasteiger partial charge in [0.25, 0.3) is 5.91 Å². The zero-order chi connectivity index (χ0) is 25.7. The molecule has 3 heterocycles. The predicted molar refractivity (Wildman–Crippen MR) is 143 cm³/mol. The number of nitrogens with zero attached hydrogens (tertiary/aromatic N) is 2. The molecule has 1 aromatic heterocycles. The largest absolute Gasteiger partial charge is 0.381 e. The summed E-state index contributed by atoms with van der Waals surface area (Å²) in [4.78, 5) is 21.1. The lowest BCUT2D eigenvalue weighted by Crippen LogP contribution is -2.60. The van der Waals surface area contributed by atoms with Gasteiger partial charge in [0, 0.05) is 48.2 Å². The molecule has 3 aromatic rings. The van der Waals surface area contributed by atoms with E-state index in [1.165, 1.54) is 11.3 Å². The summed E-state index contributed by atoms with van der Waals surface area (Å²) in [6, 6.07) is 11.0. The van der Waals surface area contributed by atoms with Crippen molar-refractivity contribution >= 4 is 38.0 Å². The van der Waals surface area contributed by atoms with Gasteiger partial charge in [-0.25, -0.2) is 18.1 Å². The van der Waals surface area contributed by atoms with Gasteiger partial charge in [-0.05, 0) is 51.5 Å². The van der Waals surface area contributed by atoms with Gasteiger partial charge in [0.2, 0.25) is 10.0 Å². The zero-order valence-corrected chi connectivity index (χ0v) is 22.9. The Hall–Kier alpha value is -2.33. The number of ether oxygens (including phenoxy) is 1. The normalized spacial score (nSPS) is 17.9. The van der Waals surface area contributed by atoms with Crippen LogP contribution < -0.4 is 4.72 Å². The van der Waals surface area contributed by atoms with Crippen molar-refractivity contribution in [3.63, 3.8) is 0 Å². The molecule has 1 spiro atoms. The van der Waals surface area contributed by atoms with Crippen LogP contribution in [-0.4, -0.2) is 56.1 Å². The fourth-order valence-corrected chi connectivity index (χ4v) is 8.01. The van der Waals surface area contributed by atoms with Gasteiger partial charge in [-0.2, -0.15) is 0 Å². The van der Waals surface area contributed by atoms with Gasteiger partial charge in [-0.3, -0.25) is 4.79 Å². The van der Waals surface area contributed by atoms with Gasteiger partial charge in [-0.1, -0.05) is 37.3 Å². The molecule has 0 saturated carbocycles. The highest BCUT2D eigenvalue weighted by molar-refractivity contribution is 7.89. The molecule has 1 N–H and O–H groups in total. The molecule has 36 heavy (non-hydrogen) atoms. The van der Waals surface area contributed by atoms with Crippen molar-refractivity contribution in [1.82, 2.24) is 14.6 Å². The lowest BCUT2D eigenvalue weighted by atomic mass is 9.73. The minimum absolute atomic E-state index is 0.0176. The topological polar surface area (TPSA) is 88.6 Å². The van der Waals surface area contributed by atoms with E-state index >= 15 is 0 Å². The first-order valence-corrected chi connectivity index (χ1v) is 14.7. The van der Waals surface area contributed by atoms with Gasteiger partial charge in [0.15, 0.2) is 5.01 Å². The average molecular weight is 528 g/mol. The molecule has 0 aliphatic carbocycles. The predicted octanol–water partition coefficient (Wildman–Crippen LogP) is 4.86. The summed E-state index contributed by atoms with van der Waals surface area (Å²) in [5, 5.41) is 1.98. The van der Waals surface area contributed by atoms with Gasteiger partial charge in [0.05, 0.1) is 15.5 Å². The number of hydrogen-bond acceptors (Lipinski definition) is 6. The first-order valence-electron chi connectivity index (χ1n) is 12.4. The summed E-state index contributed by atoms with van der Waals surface area (Å²) in [6.07, 6.45) is 2.69. The molecule has 2 saturated heterocycles. The Labute approximate surface area is 216 Å². The number of carbonyl (C=O) groups is 1. The second-order valence-corrected chi connectivity index (χ2v) is 13.6. The van der Waals surface area contributed by atoms with Gasteiger partial charge in [-0.15, -0.1) is 11.3 Å². The number of aromatic nitrogens is 1. The van der Waals surface area contributed by atoms with E-state index in [1.807, 2.05) is 62.9 Å². The average Bonchev–Trinajstić information content (AvgIpc) is 3.24. The number of rotatable bonds is 5. The molecular weight excluding hydrogens is 494 g/mol. The number of amides is 1. The molecule has 2 aliphatic rings. The summed E-state index contributed by atoms with van der Waals surface area (Å²) in [7, 11) is -3.72. The van der Waals surface area contributed by atoms with Crippen LogP contribution in [0.15, 0.2) is 41.3 Å². The van der Waals surface area contributed by atoms with Crippen LogP contribution in [0.25, 0.3) is 21.2 Å². The van der Waals surface area contributed by atoms with E-state index in [2.05, 4.69) is 4.72 Å². The van der Waals surface area contributed by atoms with Gasteiger partial charge < -0.3 is 9.64 Å². The van der Waals surface area contributed by atoms with Crippen LogP contribution in [0, 0.1) is 5.41 Å². The molecule has 2 fully saturated rings. The molecule has 2 aromatic carbocycles. The summed E-state index contributed by atoms with van der Waals surface area (Å²) >= 11 is 1.40. The molecule has 9 heteroatoms. The Balaban J connectivity index is 1.50. The maximum atomic E-state index is 13.3. The number of fused-ring (bicyclic) bond motifs is 1. The van der Waals surface area contributed by atoms with Crippen LogP contribution in [0.4, 0.5) is 0 Å². The lowest BCUT2D eigenvalue weighted by molar-refractivity contribution is -0.0666. The summed E-state index contributed by atoms with van der Waals surface area (Å²) in [5.41, 5.74) is 1.37. The summed E-state index contributed by atoms with van der Waals surface area (Å²) < 4.78 is 34.6. The van der Waals surface area contributed by atoms with Crippen molar-refractivity contribution in [2.75, 3.05) is 26.3 Å². The van der Waals surface area contributed by atoms with Crippen molar-refractivity contribution < 1.29 is 17.9 Å². The van der Waals surface area contributed by atoms with E-state index in [0.29, 0.717) is 16.8 Å². The lowest BCUT2D eigenvalue weighted by Gasteiger charge is -2.51. The molecule has 7 nitrogen and oxygen atoms in total. The number of sulfonamides is 1. The third kappa shape index (κ3) is 4.69. The fourth-order valence-electron chi connectivity index (χ4n) is 5.22. The van der Waals surface area contributed by atoms with Crippen LogP contribution in [0.1, 0.15) is 56.0 Å². The molecule has 5 rings (SSSR count). The van der Waals surface area contributed by atoms with E-state index in [9.17, 15) is 13.2 Å². The van der Waals surface area contributed by atoms with Crippen molar-refractivity contribution in [1.29, 1.82) is 0 Å². The second kappa shape index (κ2) is 9.20. The molecule has 192 valence electrons. The molecule has 2 aliphatic heterocycles. The molecule has 0 bridgehead atoms. The van der Waals surface area contributed by atoms with Crippen LogP contribution in [0.2, 0.25) is 0 Å². The highest BCUT2D eigenvalue weighted by Gasteiger charge is 2.46. The Bertz CT molecular complexity index is 1410. The highest BCUT2D eigenvalue weighted by atomic mass is 32.2. The Morgan fingerprint density at radius 3 is 2.42 bits per heavy atom. The summed E-state index contributed by atoms with van der Waals surface area (Å²) in [5.74, 6) is -0.0176. The minimum atomic E-state index is -3.72. The van der Waals surface area contributed by atoms with E-state index in [1.54, 1.807) is 6.07 Å². The maximum absolute atomic E-state index is 13.3. The number of aryl methyl sites for hydroxylation is 1. The number of thiazole rings is 1. The fraction of sp³-hybridized carbons (Fsp3) is 0.481. The third-order valence-electron chi connectivity index (χ3n) is 6.97. The van der Waals surface area contributed by atoms with Crippen LogP contribution in [0.3, 0.4) is 0 Å². The zero-order valence-electron chi connectivity index (χ0n) is 21.3. The molecule has 0 unspecified atom stereocenters. The monoisotopic (exact) mass is 527 g/mol. The van der Waals surface area contributed by atoms with Crippen molar-refractivity contribution in [3.05, 3.63) is 47.1 Å². The Kier molecular flexibility index (Phi) is 6.47. The van der Waals surface area contributed by atoms with Crippen LogP contribution in [0.5, 0.6) is 0 Å². The Morgan fingerprint density at radius 2 is 1.78 bits per heavy atom. The maximum Gasteiger partial charge on any atom is 0.282 e. The third-order valence-corrected chi connectivity index (χ3v) is 9.90. The SMILES string of the molecule is CCc1nc(C(=O)N2CC3(CCOCC3)C2)sc1-c1ccc(S(=O)(=O)NC(C)(C)C)c2ccccc12. The summed E-state index contributed by atoms with van der Waals surface area (Å²) in [6.45, 7) is 10.6. The first-order chi connectivity index (χ1) is 17.0. The highest BCUT2D eigenvalue weighted by Crippen LogP contribution is 2.42. The standard InChI is InChI=1S/C27H33N3O4S2/c1-5-21-23(35-24(28-21)25(31)30-16-27(17-30)12-14-34-15-13-27)20-10-11-22(19-9-7-6-8-18(19)20)36(32,33)29-26(2,3)4/h6-11,29H,5,12-17H2,1-4H3. The van der Waals surface area contributed by atoms with Gasteiger partial charge >= 0.3 is 0 Å². The molecule has 0 radical (unpaired) electrons. The number of hydrogen-bond donors (Lipinski definition) is 1. The smallest absolute Gasteiger partial charge is 0.282 e. The number of likely N-dealkylation sites (tertiary alicyclic amines) is 1. The molecule has 0 atom stereocenters. The first kappa shape index (κ1) is 25.3. The number of benzene rings is 2. The van der Waals surface area contributed by atoms with E-state index in [-0.39, 0.29) is 16.2 Å². The van der Waals surface area contributed by atoms with Crippen LogP contribution >= 0.6 is 11.3 Å². The van der Waals surface area contributed by atoms with E-state index < -0.39 is 15.6 Å². The van der Waals surface area contributed by atoms with Crippen LogP contribution in [-0.2, 0) is 21.2 Å². The molecular formula is C27H33N3O4S2. The van der Waals surface area contributed by atoms with E-state index in [0.717, 1.165) is 60.7 Å². The second-order valence-electron chi connectivity index (χ2n) is 10.9. The van der Waals surface area contributed by atoms with E-state index in [4.69, 9.17) is 9.72 Å². The van der Waals surface area contributed by atoms with Crippen molar-refractivity contribution in [2.24, 2.45) is 5.41 Å². The number of nitrogens with one attached hydrogen (secondary N) is 1. The molecule has 1 amide bonds. The number of carbonyl (C=O) groups excluding carboxylic acids is 1. The van der Waals surface area contributed by atoms with Gasteiger partial charge in [0.1, 0.15) is 0 Å². The quantitative estimate of drug-likeness (QED) is 0.512. The van der Waals surface area contributed by atoms with Crippen molar-refractivity contribution in [3.8, 4) is 10.4 Å². The van der Waals surface area contributed by atoms with Crippen molar-refractivity contribution in [2.45, 2.75) is 57.4 Å².